The van der Waals surface area contributed by atoms with Gasteiger partial charge in [0.2, 0.25) is 0 Å². The van der Waals surface area contributed by atoms with Gasteiger partial charge in [0.15, 0.2) is 9.84 Å². The molecule has 0 aromatic rings. The Bertz CT molecular complexity index is 324. The molecule has 0 amide bonds. The Morgan fingerprint density at radius 3 is 2.88 bits per heavy atom. The molecule has 0 saturated carbocycles. The van der Waals surface area contributed by atoms with E-state index in [1.54, 1.807) is 0 Å². The Hall–Kier alpha value is -0.170. The fraction of sp³-hybridized carbons (Fsp3) is 1.00. The van der Waals surface area contributed by atoms with E-state index in [9.17, 15) is 8.42 Å². The third-order valence-corrected chi connectivity index (χ3v) is 5.01. The Morgan fingerprint density at radius 1 is 1.35 bits per heavy atom. The van der Waals surface area contributed by atoms with Gasteiger partial charge in [0, 0.05) is 19.2 Å². The zero-order valence-electron chi connectivity index (χ0n) is 10.1. The summed E-state index contributed by atoms with van der Waals surface area (Å²) >= 11 is 0. The highest BCUT2D eigenvalue weighted by atomic mass is 32.2. The standard InChI is InChI=1S/C11H21NO4S/c13-17(14)7-3-10(9-17)12-4-6-15-8-11-2-1-5-16-11/h10-12H,1-9H2. The first-order valence-electron chi connectivity index (χ1n) is 6.29. The molecule has 2 fully saturated rings. The van der Waals surface area contributed by atoms with Crippen LogP contribution in [-0.2, 0) is 19.3 Å². The molecule has 1 N–H and O–H groups in total. The highest BCUT2D eigenvalue weighted by molar-refractivity contribution is 7.91. The minimum Gasteiger partial charge on any atom is -0.377 e. The summed E-state index contributed by atoms with van der Waals surface area (Å²) in [6, 6.07) is 0.117. The SMILES string of the molecule is O=S1(=O)CCC(NCCOCC2CCCO2)C1. The average Bonchev–Trinajstić information content (AvgIpc) is 2.88. The molecule has 6 heteroatoms. The number of ether oxygens (including phenoxy) is 2. The average molecular weight is 263 g/mol. The lowest BCUT2D eigenvalue weighted by Crippen LogP contribution is -2.33. The molecule has 5 nitrogen and oxygen atoms in total. The third kappa shape index (κ3) is 4.54. The quantitative estimate of drug-likeness (QED) is 0.681. The monoisotopic (exact) mass is 263 g/mol. The molecule has 100 valence electrons. The van der Waals surface area contributed by atoms with E-state index in [1.807, 2.05) is 0 Å². The second kappa shape index (κ2) is 6.13. The van der Waals surface area contributed by atoms with E-state index in [0.717, 1.165) is 25.9 Å². The van der Waals surface area contributed by atoms with Crippen LogP contribution in [0.5, 0.6) is 0 Å². The van der Waals surface area contributed by atoms with E-state index in [1.165, 1.54) is 0 Å². The molecule has 2 heterocycles. The summed E-state index contributed by atoms with van der Waals surface area (Å²) in [6.07, 6.45) is 3.22. The smallest absolute Gasteiger partial charge is 0.151 e. The van der Waals surface area contributed by atoms with Crippen molar-refractivity contribution in [1.29, 1.82) is 0 Å². The molecule has 0 aliphatic carbocycles. The lowest BCUT2D eigenvalue weighted by molar-refractivity contribution is 0.0180. The van der Waals surface area contributed by atoms with Crippen molar-refractivity contribution in [2.24, 2.45) is 0 Å². The maximum Gasteiger partial charge on any atom is 0.151 e. The van der Waals surface area contributed by atoms with Gasteiger partial charge in [0.05, 0.1) is 30.8 Å². The molecule has 0 aromatic heterocycles. The summed E-state index contributed by atoms with van der Waals surface area (Å²) in [6.45, 7) is 2.85. The summed E-state index contributed by atoms with van der Waals surface area (Å²) in [5.41, 5.74) is 0. The molecule has 2 aliphatic rings. The van der Waals surface area contributed by atoms with Crippen LogP contribution in [0.2, 0.25) is 0 Å². The predicted octanol–water partition coefficient (Wildman–Crippen LogP) is -0.0413. The normalized spacial score (nSPS) is 32.0. The lowest BCUT2D eigenvalue weighted by atomic mass is 10.2. The number of hydrogen-bond acceptors (Lipinski definition) is 5. The fourth-order valence-corrected chi connectivity index (χ4v) is 3.99. The fourth-order valence-electron chi connectivity index (χ4n) is 2.28. The Kier molecular flexibility index (Phi) is 4.78. The van der Waals surface area contributed by atoms with E-state index in [-0.39, 0.29) is 17.9 Å². The topological polar surface area (TPSA) is 64.6 Å². The van der Waals surface area contributed by atoms with Crippen LogP contribution >= 0.6 is 0 Å². The van der Waals surface area contributed by atoms with Gasteiger partial charge in [-0.25, -0.2) is 8.42 Å². The maximum absolute atomic E-state index is 11.2. The lowest BCUT2D eigenvalue weighted by Gasteiger charge is -2.12. The van der Waals surface area contributed by atoms with Gasteiger partial charge in [-0.15, -0.1) is 0 Å². The van der Waals surface area contributed by atoms with Crippen LogP contribution in [0.1, 0.15) is 19.3 Å². The van der Waals surface area contributed by atoms with E-state index in [4.69, 9.17) is 9.47 Å². The van der Waals surface area contributed by atoms with Crippen LogP contribution < -0.4 is 5.32 Å². The zero-order valence-corrected chi connectivity index (χ0v) is 10.9. The summed E-state index contributed by atoms with van der Waals surface area (Å²) in [5, 5.41) is 3.22. The van der Waals surface area contributed by atoms with E-state index < -0.39 is 9.84 Å². The number of nitrogens with one attached hydrogen (secondary N) is 1. The number of hydrogen-bond donors (Lipinski definition) is 1. The first-order chi connectivity index (χ1) is 8.16. The minimum absolute atomic E-state index is 0.117. The van der Waals surface area contributed by atoms with Crippen molar-refractivity contribution in [2.75, 3.05) is 37.9 Å². The number of rotatable bonds is 6. The Balaban J connectivity index is 1.49. The molecule has 2 rings (SSSR count). The van der Waals surface area contributed by atoms with Gasteiger partial charge >= 0.3 is 0 Å². The van der Waals surface area contributed by atoms with E-state index in [0.29, 0.717) is 25.5 Å². The molecule has 2 unspecified atom stereocenters. The third-order valence-electron chi connectivity index (χ3n) is 3.24. The van der Waals surface area contributed by atoms with Gasteiger partial charge in [-0.1, -0.05) is 0 Å². The molecule has 0 bridgehead atoms. The molecule has 2 saturated heterocycles. The van der Waals surface area contributed by atoms with Crippen LogP contribution in [0.3, 0.4) is 0 Å². The van der Waals surface area contributed by atoms with Gasteiger partial charge in [-0.05, 0) is 19.3 Å². The Morgan fingerprint density at radius 2 is 2.24 bits per heavy atom. The van der Waals surface area contributed by atoms with Gasteiger partial charge in [-0.3, -0.25) is 0 Å². The summed E-state index contributed by atoms with van der Waals surface area (Å²) < 4.78 is 33.4. The van der Waals surface area contributed by atoms with Crippen molar-refractivity contribution in [3.8, 4) is 0 Å². The van der Waals surface area contributed by atoms with E-state index in [2.05, 4.69) is 5.32 Å². The van der Waals surface area contributed by atoms with Crippen molar-refractivity contribution in [3.05, 3.63) is 0 Å². The van der Waals surface area contributed by atoms with Gasteiger partial charge < -0.3 is 14.8 Å². The second-order valence-corrected chi connectivity index (χ2v) is 6.99. The number of sulfone groups is 1. The largest absolute Gasteiger partial charge is 0.377 e. The van der Waals surface area contributed by atoms with Crippen molar-refractivity contribution >= 4 is 9.84 Å². The minimum atomic E-state index is -2.77. The highest BCUT2D eigenvalue weighted by Crippen LogP contribution is 2.12. The summed E-state index contributed by atoms with van der Waals surface area (Å²) in [4.78, 5) is 0. The highest BCUT2D eigenvalue weighted by Gasteiger charge is 2.27. The van der Waals surface area contributed by atoms with Crippen LogP contribution in [0.4, 0.5) is 0 Å². The van der Waals surface area contributed by atoms with Crippen LogP contribution in [0.25, 0.3) is 0 Å². The first-order valence-corrected chi connectivity index (χ1v) is 8.11. The first kappa shape index (κ1) is 13.3. The van der Waals surface area contributed by atoms with Gasteiger partial charge in [0.1, 0.15) is 0 Å². The second-order valence-electron chi connectivity index (χ2n) is 4.76. The van der Waals surface area contributed by atoms with Crippen molar-refractivity contribution < 1.29 is 17.9 Å². The molecular weight excluding hydrogens is 242 g/mol. The predicted molar refractivity (Wildman–Crippen MR) is 64.9 cm³/mol. The van der Waals surface area contributed by atoms with E-state index >= 15 is 0 Å². The molecule has 2 atom stereocenters. The molecule has 0 spiro atoms. The summed E-state index contributed by atoms with van der Waals surface area (Å²) in [5.74, 6) is 0.597. The van der Waals surface area contributed by atoms with Crippen LogP contribution in [0, 0.1) is 0 Å². The van der Waals surface area contributed by atoms with Crippen molar-refractivity contribution in [3.63, 3.8) is 0 Å². The van der Waals surface area contributed by atoms with Crippen LogP contribution in [0.15, 0.2) is 0 Å². The molecule has 0 radical (unpaired) electrons. The van der Waals surface area contributed by atoms with Crippen LogP contribution in [-0.4, -0.2) is 58.4 Å². The van der Waals surface area contributed by atoms with Crippen molar-refractivity contribution in [2.45, 2.75) is 31.4 Å². The maximum atomic E-state index is 11.2. The molecular formula is C11H21NO4S. The van der Waals surface area contributed by atoms with Gasteiger partial charge in [-0.2, -0.15) is 0 Å². The zero-order chi connectivity index (χ0) is 12.1. The molecule has 0 aromatic carbocycles. The summed E-state index contributed by atoms with van der Waals surface area (Å²) in [7, 11) is -2.77. The van der Waals surface area contributed by atoms with Crippen molar-refractivity contribution in [1.82, 2.24) is 5.32 Å². The van der Waals surface area contributed by atoms with Gasteiger partial charge in [0.25, 0.3) is 0 Å². The molecule has 2 aliphatic heterocycles. The molecule has 17 heavy (non-hydrogen) atoms. The Labute approximate surface area is 103 Å².